The maximum atomic E-state index is 12.0. The van der Waals surface area contributed by atoms with Crippen molar-refractivity contribution in [2.75, 3.05) is 0 Å². The van der Waals surface area contributed by atoms with Crippen LogP contribution >= 0.6 is 0 Å². The first-order chi connectivity index (χ1) is 9.39. The normalized spacial score (nSPS) is 22.2. The van der Waals surface area contributed by atoms with Gasteiger partial charge in [-0.05, 0) is 37.5 Å². The van der Waals surface area contributed by atoms with Crippen molar-refractivity contribution in [3.63, 3.8) is 0 Å². The van der Waals surface area contributed by atoms with Crippen molar-refractivity contribution in [2.45, 2.75) is 32.8 Å². The summed E-state index contributed by atoms with van der Waals surface area (Å²) in [5.74, 6) is -0.913. The van der Waals surface area contributed by atoms with Crippen molar-refractivity contribution in [1.82, 2.24) is 0 Å². The number of halogens is 2. The highest BCUT2D eigenvalue weighted by Crippen LogP contribution is 2.35. The summed E-state index contributed by atoms with van der Waals surface area (Å²) < 4.78 is 32.8. The number of hydrogen-bond donors (Lipinski definition) is 0. The fraction of sp³-hybridized carbons (Fsp3) is 0.429. The van der Waals surface area contributed by atoms with E-state index in [1.54, 1.807) is 19.1 Å². The first-order valence-electron chi connectivity index (χ1n) is 6.18. The van der Waals surface area contributed by atoms with Gasteiger partial charge in [0, 0.05) is 0 Å². The van der Waals surface area contributed by atoms with Crippen molar-refractivity contribution < 1.29 is 27.8 Å². The van der Waals surface area contributed by atoms with E-state index in [1.165, 1.54) is 12.1 Å². The van der Waals surface area contributed by atoms with E-state index in [-0.39, 0.29) is 12.2 Å². The van der Waals surface area contributed by atoms with E-state index < -0.39 is 24.0 Å². The quantitative estimate of drug-likeness (QED) is 0.616. The second-order valence-corrected chi connectivity index (χ2v) is 5.02. The maximum Gasteiger partial charge on any atom is 0.387 e. The average molecular weight is 284 g/mol. The van der Waals surface area contributed by atoms with E-state index >= 15 is 0 Å². The molecule has 6 heteroatoms. The molecule has 1 fully saturated rings. The molecule has 1 aliphatic rings. The summed E-state index contributed by atoms with van der Waals surface area (Å²) in [6.07, 6.45) is 1.10. The molecule has 1 aromatic carbocycles. The van der Waals surface area contributed by atoms with E-state index in [0.29, 0.717) is 12.8 Å². The Bertz CT molecular complexity index is 512. The Morgan fingerprint density at radius 3 is 2.45 bits per heavy atom. The second kappa shape index (κ2) is 5.56. The second-order valence-electron chi connectivity index (χ2n) is 5.02. The SMILES string of the molecule is CC1(CCc2ccc(OC(F)F)cc2)CC(=O)OC1=O. The van der Waals surface area contributed by atoms with Gasteiger partial charge in [-0.3, -0.25) is 9.59 Å². The highest BCUT2D eigenvalue weighted by atomic mass is 19.3. The summed E-state index contributed by atoms with van der Waals surface area (Å²) in [4.78, 5) is 22.7. The largest absolute Gasteiger partial charge is 0.435 e. The molecule has 1 unspecified atom stereocenters. The van der Waals surface area contributed by atoms with Crippen LogP contribution in [0.4, 0.5) is 8.78 Å². The van der Waals surface area contributed by atoms with Crippen molar-refractivity contribution in [3.05, 3.63) is 29.8 Å². The van der Waals surface area contributed by atoms with Crippen LogP contribution in [0.5, 0.6) is 5.75 Å². The number of rotatable bonds is 5. The van der Waals surface area contributed by atoms with Crippen LogP contribution in [0.15, 0.2) is 24.3 Å². The van der Waals surface area contributed by atoms with Crippen LogP contribution in [-0.4, -0.2) is 18.6 Å². The Hall–Kier alpha value is -1.98. The Morgan fingerprint density at radius 2 is 1.95 bits per heavy atom. The third-order valence-corrected chi connectivity index (χ3v) is 3.35. The number of ether oxygens (including phenoxy) is 2. The summed E-state index contributed by atoms with van der Waals surface area (Å²) >= 11 is 0. The zero-order chi connectivity index (χ0) is 14.8. The van der Waals surface area contributed by atoms with Gasteiger partial charge in [0.2, 0.25) is 0 Å². The number of hydrogen-bond acceptors (Lipinski definition) is 4. The van der Waals surface area contributed by atoms with Crippen molar-refractivity contribution >= 4 is 11.9 Å². The van der Waals surface area contributed by atoms with Crippen LogP contribution in [-0.2, 0) is 20.7 Å². The fourth-order valence-corrected chi connectivity index (χ4v) is 2.10. The van der Waals surface area contributed by atoms with Gasteiger partial charge in [-0.1, -0.05) is 12.1 Å². The minimum atomic E-state index is -2.85. The smallest absolute Gasteiger partial charge is 0.387 e. The molecule has 1 heterocycles. The predicted octanol–water partition coefficient (Wildman–Crippen LogP) is 2.70. The summed E-state index contributed by atoms with van der Waals surface area (Å²) in [6, 6.07) is 6.20. The lowest BCUT2D eigenvalue weighted by Gasteiger charge is -2.17. The van der Waals surface area contributed by atoms with E-state index in [2.05, 4.69) is 9.47 Å². The molecule has 0 amide bonds. The van der Waals surface area contributed by atoms with Gasteiger partial charge in [0.25, 0.3) is 0 Å². The van der Waals surface area contributed by atoms with Crippen LogP contribution in [0, 0.1) is 5.41 Å². The van der Waals surface area contributed by atoms with E-state index in [1.807, 2.05) is 0 Å². The molecule has 2 rings (SSSR count). The molecular formula is C14H14F2O4. The lowest BCUT2D eigenvalue weighted by Crippen LogP contribution is -2.23. The van der Waals surface area contributed by atoms with Crippen LogP contribution in [0.2, 0.25) is 0 Å². The van der Waals surface area contributed by atoms with E-state index in [4.69, 9.17) is 0 Å². The van der Waals surface area contributed by atoms with Crippen LogP contribution in [0.1, 0.15) is 25.3 Å². The third-order valence-electron chi connectivity index (χ3n) is 3.35. The molecule has 1 aromatic rings. The number of cyclic esters (lactones) is 2. The molecule has 108 valence electrons. The van der Waals surface area contributed by atoms with Gasteiger partial charge in [-0.2, -0.15) is 8.78 Å². The van der Waals surface area contributed by atoms with Crippen molar-refractivity contribution in [3.8, 4) is 5.75 Å². The Kier molecular flexibility index (Phi) is 4.01. The van der Waals surface area contributed by atoms with E-state index in [9.17, 15) is 18.4 Å². The highest BCUT2D eigenvalue weighted by Gasteiger charge is 2.44. The van der Waals surface area contributed by atoms with Gasteiger partial charge in [0.15, 0.2) is 0 Å². The summed E-state index contributed by atoms with van der Waals surface area (Å²) in [5, 5.41) is 0. The monoisotopic (exact) mass is 284 g/mol. The van der Waals surface area contributed by atoms with Crippen LogP contribution in [0.25, 0.3) is 0 Å². The topological polar surface area (TPSA) is 52.6 Å². The molecule has 0 spiro atoms. The molecule has 1 atom stereocenters. The molecule has 0 saturated carbocycles. The van der Waals surface area contributed by atoms with E-state index in [0.717, 1.165) is 5.56 Å². The molecular weight excluding hydrogens is 270 g/mol. The van der Waals surface area contributed by atoms with Crippen LogP contribution < -0.4 is 4.74 Å². The standard InChI is InChI=1S/C14H14F2O4/c1-14(8-11(17)20-12(14)18)7-6-9-2-4-10(5-3-9)19-13(15)16/h2-5,13H,6-8H2,1H3. The van der Waals surface area contributed by atoms with Crippen LogP contribution in [0.3, 0.4) is 0 Å². The predicted molar refractivity (Wildman–Crippen MR) is 65.2 cm³/mol. The van der Waals surface area contributed by atoms with Gasteiger partial charge < -0.3 is 9.47 Å². The third kappa shape index (κ3) is 3.31. The summed E-state index contributed by atoms with van der Waals surface area (Å²) in [5.41, 5.74) is 0.0786. The first kappa shape index (κ1) is 14.4. The zero-order valence-corrected chi connectivity index (χ0v) is 10.9. The number of alkyl halides is 2. The van der Waals surface area contributed by atoms with Gasteiger partial charge in [0.1, 0.15) is 5.75 Å². The Balaban J connectivity index is 1.94. The number of benzene rings is 1. The molecule has 0 aromatic heterocycles. The highest BCUT2D eigenvalue weighted by molar-refractivity contribution is 5.97. The molecule has 20 heavy (non-hydrogen) atoms. The fourth-order valence-electron chi connectivity index (χ4n) is 2.10. The molecule has 0 bridgehead atoms. The minimum Gasteiger partial charge on any atom is -0.435 e. The number of carbonyl (C=O) groups is 2. The van der Waals surface area contributed by atoms with Gasteiger partial charge in [-0.15, -0.1) is 0 Å². The first-order valence-corrected chi connectivity index (χ1v) is 6.18. The molecule has 1 aliphatic heterocycles. The molecule has 0 radical (unpaired) electrons. The maximum absolute atomic E-state index is 12.0. The average Bonchev–Trinajstić information content (AvgIpc) is 2.62. The Morgan fingerprint density at radius 1 is 1.30 bits per heavy atom. The van der Waals surface area contributed by atoms with Gasteiger partial charge in [-0.25, -0.2) is 0 Å². The van der Waals surface area contributed by atoms with Crippen molar-refractivity contribution in [1.29, 1.82) is 0 Å². The van der Waals surface area contributed by atoms with Crippen molar-refractivity contribution in [2.24, 2.45) is 5.41 Å². The molecule has 0 N–H and O–H groups in total. The lowest BCUT2D eigenvalue weighted by molar-refractivity contribution is -0.155. The van der Waals surface area contributed by atoms with Gasteiger partial charge in [0.05, 0.1) is 11.8 Å². The lowest BCUT2D eigenvalue weighted by atomic mass is 9.83. The van der Waals surface area contributed by atoms with Gasteiger partial charge >= 0.3 is 18.6 Å². The molecule has 1 saturated heterocycles. The summed E-state index contributed by atoms with van der Waals surface area (Å²) in [6.45, 7) is -1.16. The summed E-state index contributed by atoms with van der Waals surface area (Å²) in [7, 11) is 0. The number of aryl methyl sites for hydroxylation is 1. The Labute approximate surface area is 114 Å². The number of esters is 2. The zero-order valence-electron chi connectivity index (χ0n) is 10.9. The minimum absolute atomic E-state index is 0.0818. The molecule has 0 aliphatic carbocycles. The molecule has 4 nitrogen and oxygen atoms in total. The number of carbonyl (C=O) groups excluding carboxylic acids is 2.